The molecule has 0 radical (unpaired) electrons. The quantitative estimate of drug-likeness (QED) is 0.604. The first-order valence-corrected chi connectivity index (χ1v) is 5.47. The molecule has 0 saturated heterocycles. The van der Waals surface area contributed by atoms with Crippen molar-refractivity contribution in [3.63, 3.8) is 0 Å². The maximum absolute atomic E-state index is 11.5. The largest absolute Gasteiger partial charge is 0.295 e. The van der Waals surface area contributed by atoms with Crippen LogP contribution in [0.25, 0.3) is 0 Å². The Labute approximate surface area is 81.2 Å². The average Bonchev–Trinajstić information content (AvgIpc) is 2.10. The maximum Gasteiger partial charge on any atom is 0.158 e. The van der Waals surface area contributed by atoms with Gasteiger partial charge in [0.1, 0.15) is 0 Å². The van der Waals surface area contributed by atoms with E-state index in [1.807, 2.05) is 0 Å². The molecule has 0 aromatic carbocycles. The van der Waals surface area contributed by atoms with Crippen LogP contribution in [0.4, 0.5) is 0 Å². The first-order chi connectivity index (χ1) is 6.25. The van der Waals surface area contributed by atoms with Crippen LogP contribution < -0.4 is 0 Å². The van der Waals surface area contributed by atoms with Gasteiger partial charge in [0.05, 0.1) is 0 Å². The fourth-order valence-corrected chi connectivity index (χ4v) is 1.96. The Kier molecular flexibility index (Phi) is 4.20. The molecule has 0 bridgehead atoms. The summed E-state index contributed by atoms with van der Waals surface area (Å²) in [6, 6.07) is 0. The second-order valence-electron chi connectivity index (χ2n) is 3.99. The Hall–Kier alpha value is -0.590. The molecule has 0 saturated carbocycles. The van der Waals surface area contributed by atoms with Crippen LogP contribution in [0.2, 0.25) is 0 Å². The van der Waals surface area contributed by atoms with Gasteiger partial charge < -0.3 is 0 Å². The third kappa shape index (κ3) is 2.98. The van der Waals surface area contributed by atoms with E-state index in [0.29, 0.717) is 5.78 Å². The van der Waals surface area contributed by atoms with Gasteiger partial charge in [-0.2, -0.15) is 0 Å². The Morgan fingerprint density at radius 1 is 1.23 bits per heavy atom. The molecule has 0 N–H and O–H groups in total. The third-order valence-corrected chi connectivity index (χ3v) is 2.84. The lowest BCUT2D eigenvalue weighted by atomic mass is 9.88. The van der Waals surface area contributed by atoms with Crippen LogP contribution in [0.1, 0.15) is 58.8 Å². The Morgan fingerprint density at radius 2 is 2.00 bits per heavy atom. The molecule has 1 rings (SSSR count). The summed E-state index contributed by atoms with van der Waals surface area (Å²) in [5.74, 6) is 0.417. The minimum absolute atomic E-state index is 0.417. The van der Waals surface area contributed by atoms with Crippen molar-refractivity contribution in [2.24, 2.45) is 0 Å². The number of carbonyl (C=O) groups excluding carboxylic acids is 1. The molecule has 0 atom stereocenters. The second-order valence-corrected chi connectivity index (χ2v) is 3.99. The predicted molar refractivity (Wildman–Crippen MR) is 55.7 cm³/mol. The van der Waals surface area contributed by atoms with Crippen molar-refractivity contribution in [3.05, 3.63) is 11.1 Å². The average molecular weight is 180 g/mol. The SMILES string of the molecule is CCCCCC1=C(C)CCCC1=O. The van der Waals surface area contributed by atoms with Crippen LogP contribution in [0.15, 0.2) is 11.1 Å². The summed E-state index contributed by atoms with van der Waals surface area (Å²) >= 11 is 0. The molecule has 0 spiro atoms. The standard InChI is InChI=1S/C12H20O/c1-3-4-5-8-11-10(2)7-6-9-12(11)13/h3-9H2,1-2H3. The number of ketones is 1. The molecular formula is C12H20O. The molecule has 0 unspecified atom stereocenters. The zero-order chi connectivity index (χ0) is 9.68. The van der Waals surface area contributed by atoms with Gasteiger partial charge in [0, 0.05) is 6.42 Å². The molecule has 0 amide bonds. The van der Waals surface area contributed by atoms with Gasteiger partial charge in [-0.1, -0.05) is 25.3 Å². The molecule has 1 heteroatoms. The lowest BCUT2D eigenvalue weighted by Crippen LogP contribution is -2.10. The Balaban J connectivity index is 2.48. The summed E-state index contributed by atoms with van der Waals surface area (Å²) in [4.78, 5) is 11.5. The van der Waals surface area contributed by atoms with Crippen molar-refractivity contribution in [2.45, 2.75) is 58.8 Å². The Bertz CT molecular complexity index is 213. The van der Waals surface area contributed by atoms with E-state index in [4.69, 9.17) is 0 Å². The summed E-state index contributed by atoms with van der Waals surface area (Å²) in [6.07, 6.45) is 7.71. The lowest BCUT2D eigenvalue weighted by molar-refractivity contribution is -0.116. The van der Waals surface area contributed by atoms with Gasteiger partial charge in [-0.25, -0.2) is 0 Å². The topological polar surface area (TPSA) is 17.1 Å². The van der Waals surface area contributed by atoms with Crippen molar-refractivity contribution >= 4 is 5.78 Å². The van der Waals surface area contributed by atoms with Crippen LogP contribution in [-0.2, 0) is 4.79 Å². The van der Waals surface area contributed by atoms with Crippen molar-refractivity contribution in [2.75, 3.05) is 0 Å². The Morgan fingerprint density at radius 3 is 2.62 bits per heavy atom. The number of allylic oxidation sites excluding steroid dienone is 2. The molecule has 0 fully saturated rings. The van der Waals surface area contributed by atoms with Crippen LogP contribution >= 0.6 is 0 Å². The summed E-state index contributed by atoms with van der Waals surface area (Å²) in [5, 5.41) is 0. The summed E-state index contributed by atoms with van der Waals surface area (Å²) < 4.78 is 0. The van der Waals surface area contributed by atoms with Gasteiger partial charge in [0.2, 0.25) is 0 Å². The van der Waals surface area contributed by atoms with E-state index in [9.17, 15) is 4.79 Å². The van der Waals surface area contributed by atoms with Crippen molar-refractivity contribution in [3.8, 4) is 0 Å². The summed E-state index contributed by atoms with van der Waals surface area (Å²) in [6.45, 7) is 4.32. The number of unbranched alkanes of at least 4 members (excludes halogenated alkanes) is 2. The molecule has 74 valence electrons. The van der Waals surface area contributed by atoms with Crippen LogP contribution in [0, 0.1) is 0 Å². The van der Waals surface area contributed by atoms with Gasteiger partial charge in [0.25, 0.3) is 0 Å². The minimum atomic E-state index is 0.417. The van der Waals surface area contributed by atoms with Gasteiger partial charge in [-0.05, 0) is 38.2 Å². The molecule has 1 aliphatic rings. The molecule has 0 aliphatic heterocycles. The normalized spacial score (nSPS) is 18.2. The first kappa shape index (κ1) is 10.5. The van der Waals surface area contributed by atoms with E-state index in [1.165, 1.54) is 24.8 Å². The smallest absolute Gasteiger partial charge is 0.158 e. The van der Waals surface area contributed by atoms with Gasteiger partial charge in [0.15, 0.2) is 5.78 Å². The zero-order valence-electron chi connectivity index (χ0n) is 8.86. The molecule has 1 aliphatic carbocycles. The number of carbonyl (C=O) groups is 1. The maximum atomic E-state index is 11.5. The van der Waals surface area contributed by atoms with Crippen molar-refractivity contribution < 1.29 is 4.79 Å². The first-order valence-electron chi connectivity index (χ1n) is 5.47. The highest BCUT2D eigenvalue weighted by Crippen LogP contribution is 2.25. The van der Waals surface area contributed by atoms with Crippen LogP contribution in [-0.4, -0.2) is 5.78 Å². The number of Topliss-reactive ketones (excluding diaryl/α,β-unsaturated/α-hetero) is 1. The molecular weight excluding hydrogens is 160 g/mol. The van der Waals surface area contributed by atoms with E-state index in [1.54, 1.807) is 0 Å². The predicted octanol–water partition coefficient (Wildman–Crippen LogP) is 3.64. The molecule has 0 heterocycles. The monoisotopic (exact) mass is 180 g/mol. The van der Waals surface area contributed by atoms with Crippen molar-refractivity contribution in [1.82, 2.24) is 0 Å². The molecule has 1 nitrogen and oxygen atoms in total. The molecule has 0 aromatic rings. The highest BCUT2D eigenvalue weighted by atomic mass is 16.1. The van der Waals surface area contributed by atoms with E-state index >= 15 is 0 Å². The second kappa shape index (κ2) is 5.21. The fraction of sp³-hybridized carbons (Fsp3) is 0.750. The number of hydrogen-bond donors (Lipinski definition) is 0. The van der Waals surface area contributed by atoms with Gasteiger partial charge in [-0.15, -0.1) is 0 Å². The lowest BCUT2D eigenvalue weighted by Gasteiger charge is -2.16. The van der Waals surface area contributed by atoms with Gasteiger partial charge >= 0.3 is 0 Å². The fourth-order valence-electron chi connectivity index (χ4n) is 1.96. The van der Waals surface area contributed by atoms with E-state index in [0.717, 1.165) is 31.3 Å². The van der Waals surface area contributed by atoms with Crippen LogP contribution in [0.5, 0.6) is 0 Å². The van der Waals surface area contributed by atoms with Crippen LogP contribution in [0.3, 0.4) is 0 Å². The van der Waals surface area contributed by atoms with Gasteiger partial charge in [-0.3, -0.25) is 4.79 Å². The number of hydrogen-bond acceptors (Lipinski definition) is 1. The highest BCUT2D eigenvalue weighted by molar-refractivity contribution is 5.96. The molecule has 0 aromatic heterocycles. The van der Waals surface area contributed by atoms with E-state index in [2.05, 4.69) is 13.8 Å². The molecule has 13 heavy (non-hydrogen) atoms. The zero-order valence-corrected chi connectivity index (χ0v) is 8.86. The van der Waals surface area contributed by atoms with Crippen molar-refractivity contribution in [1.29, 1.82) is 0 Å². The number of rotatable bonds is 4. The third-order valence-electron chi connectivity index (χ3n) is 2.84. The highest BCUT2D eigenvalue weighted by Gasteiger charge is 2.16. The summed E-state index contributed by atoms with van der Waals surface area (Å²) in [7, 11) is 0. The van der Waals surface area contributed by atoms with E-state index in [-0.39, 0.29) is 0 Å². The minimum Gasteiger partial charge on any atom is -0.295 e. The summed E-state index contributed by atoms with van der Waals surface area (Å²) in [5.41, 5.74) is 2.51. The van der Waals surface area contributed by atoms with E-state index < -0.39 is 0 Å².